The van der Waals surface area contributed by atoms with Crippen LogP contribution in [0.3, 0.4) is 0 Å². The van der Waals surface area contributed by atoms with Gasteiger partial charge in [-0.1, -0.05) is 0 Å². The predicted molar refractivity (Wildman–Crippen MR) is 90.6 cm³/mol. The highest BCUT2D eigenvalue weighted by Crippen LogP contribution is 2.37. The fraction of sp³-hybridized carbons (Fsp3) is 0.278. The summed E-state index contributed by atoms with van der Waals surface area (Å²) in [6.07, 6.45) is 1.82. The van der Waals surface area contributed by atoms with Gasteiger partial charge in [-0.15, -0.1) is 0 Å². The molecule has 0 spiro atoms. The van der Waals surface area contributed by atoms with E-state index in [1.807, 2.05) is 13.0 Å². The molecule has 25 heavy (non-hydrogen) atoms. The minimum absolute atomic E-state index is 0.0868. The fourth-order valence-electron chi connectivity index (χ4n) is 3.02. The molecule has 4 rings (SSSR count). The van der Waals surface area contributed by atoms with Crippen LogP contribution in [0.1, 0.15) is 12.0 Å². The average molecular weight is 339 g/mol. The van der Waals surface area contributed by atoms with E-state index in [2.05, 4.69) is 10.3 Å². The fourth-order valence-corrected chi connectivity index (χ4v) is 3.02. The molecule has 2 aromatic rings. The number of ether oxygens (including phenoxy) is 2. The second-order valence-electron chi connectivity index (χ2n) is 6.15. The lowest BCUT2D eigenvalue weighted by Gasteiger charge is -2.17. The summed E-state index contributed by atoms with van der Waals surface area (Å²) in [6.45, 7) is 2.44. The second kappa shape index (κ2) is 6.08. The Morgan fingerprint density at radius 2 is 2.08 bits per heavy atom. The quantitative estimate of drug-likeness (QED) is 0.926. The third kappa shape index (κ3) is 3.00. The third-order valence-corrected chi connectivity index (χ3v) is 4.33. The molecule has 0 unspecified atom stereocenters. The number of rotatable bonds is 3. The molecule has 0 saturated carbocycles. The van der Waals surface area contributed by atoms with Gasteiger partial charge >= 0.3 is 0 Å². The molecule has 2 aliphatic heterocycles. The molecule has 0 aliphatic carbocycles. The summed E-state index contributed by atoms with van der Waals surface area (Å²) in [5.41, 5.74) is 1.72. The first-order valence-corrected chi connectivity index (χ1v) is 8.04. The largest absolute Gasteiger partial charge is 0.454 e. The Balaban J connectivity index is 1.47. The van der Waals surface area contributed by atoms with Gasteiger partial charge in [-0.2, -0.15) is 0 Å². The first-order chi connectivity index (χ1) is 12.1. The molecule has 1 aromatic carbocycles. The van der Waals surface area contributed by atoms with Gasteiger partial charge in [0.1, 0.15) is 5.82 Å². The van der Waals surface area contributed by atoms with E-state index in [0.717, 1.165) is 5.56 Å². The van der Waals surface area contributed by atoms with Gasteiger partial charge in [0.05, 0.1) is 5.92 Å². The van der Waals surface area contributed by atoms with E-state index in [1.54, 1.807) is 35.4 Å². The Bertz CT molecular complexity index is 852. The number of benzene rings is 1. The minimum Gasteiger partial charge on any atom is -0.454 e. The molecule has 7 heteroatoms. The molecule has 1 N–H and O–H groups in total. The van der Waals surface area contributed by atoms with Gasteiger partial charge in [0.25, 0.3) is 0 Å². The topological polar surface area (TPSA) is 80.8 Å². The van der Waals surface area contributed by atoms with Crippen LogP contribution in [-0.2, 0) is 9.59 Å². The number of amides is 2. The van der Waals surface area contributed by atoms with Gasteiger partial charge in [0.15, 0.2) is 11.5 Å². The summed E-state index contributed by atoms with van der Waals surface area (Å²) >= 11 is 0. The summed E-state index contributed by atoms with van der Waals surface area (Å²) < 4.78 is 10.6. The monoisotopic (exact) mass is 339 g/mol. The number of fused-ring (bicyclic) bond motifs is 1. The van der Waals surface area contributed by atoms with Crippen molar-refractivity contribution in [3.8, 4) is 11.5 Å². The predicted octanol–water partition coefficient (Wildman–Crippen LogP) is 2.11. The van der Waals surface area contributed by atoms with Crippen LogP contribution >= 0.6 is 0 Å². The van der Waals surface area contributed by atoms with Crippen LogP contribution in [0.15, 0.2) is 36.5 Å². The van der Waals surface area contributed by atoms with E-state index < -0.39 is 5.92 Å². The molecule has 0 bridgehead atoms. The first-order valence-electron chi connectivity index (χ1n) is 8.04. The highest BCUT2D eigenvalue weighted by molar-refractivity contribution is 6.03. The van der Waals surface area contributed by atoms with Gasteiger partial charge in [0.2, 0.25) is 18.6 Å². The summed E-state index contributed by atoms with van der Waals surface area (Å²) in [5, 5.41) is 2.79. The molecule has 2 amide bonds. The Kier molecular flexibility index (Phi) is 3.76. The number of nitrogens with one attached hydrogen (secondary N) is 1. The number of carbonyl (C=O) groups excluding carboxylic acids is 2. The zero-order chi connectivity index (χ0) is 17.4. The van der Waals surface area contributed by atoms with E-state index in [4.69, 9.17) is 9.47 Å². The lowest BCUT2D eigenvalue weighted by Crippen LogP contribution is -2.28. The number of nitrogens with zero attached hydrogens (tertiary/aromatic N) is 2. The maximum atomic E-state index is 12.5. The molecule has 3 heterocycles. The normalized spacial score (nSPS) is 18.5. The molecule has 1 fully saturated rings. The summed E-state index contributed by atoms with van der Waals surface area (Å²) in [6, 6.07) is 8.99. The maximum Gasteiger partial charge on any atom is 0.231 e. The molecule has 1 atom stereocenters. The minimum atomic E-state index is -0.416. The van der Waals surface area contributed by atoms with E-state index in [1.165, 1.54) is 0 Å². The van der Waals surface area contributed by atoms with Crippen molar-refractivity contribution in [2.75, 3.05) is 23.6 Å². The zero-order valence-corrected chi connectivity index (χ0v) is 13.7. The molecule has 1 saturated heterocycles. The maximum absolute atomic E-state index is 12.5. The van der Waals surface area contributed by atoms with Crippen LogP contribution in [0.4, 0.5) is 11.5 Å². The van der Waals surface area contributed by atoms with Crippen LogP contribution in [0.2, 0.25) is 0 Å². The highest BCUT2D eigenvalue weighted by atomic mass is 16.7. The summed E-state index contributed by atoms with van der Waals surface area (Å²) in [4.78, 5) is 30.5. The Morgan fingerprint density at radius 1 is 1.24 bits per heavy atom. The summed E-state index contributed by atoms with van der Waals surface area (Å²) in [5.74, 6) is 1.07. The third-order valence-electron chi connectivity index (χ3n) is 4.33. The number of hydrogen-bond donors (Lipinski definition) is 1. The SMILES string of the molecule is Cc1ccnc(NC(=O)[C@@H]2CC(=O)N(c3ccc4c(c3)OCO4)C2)c1. The Morgan fingerprint density at radius 3 is 2.92 bits per heavy atom. The van der Waals surface area contributed by atoms with Crippen LogP contribution in [-0.4, -0.2) is 30.1 Å². The van der Waals surface area contributed by atoms with Gasteiger partial charge < -0.3 is 19.7 Å². The van der Waals surface area contributed by atoms with Crippen molar-refractivity contribution in [1.82, 2.24) is 4.98 Å². The molecule has 128 valence electrons. The number of pyridine rings is 1. The number of carbonyl (C=O) groups is 2. The molecule has 1 aromatic heterocycles. The van der Waals surface area contributed by atoms with E-state index in [9.17, 15) is 9.59 Å². The highest BCUT2D eigenvalue weighted by Gasteiger charge is 2.35. The van der Waals surface area contributed by atoms with Crippen molar-refractivity contribution < 1.29 is 19.1 Å². The Labute approximate surface area is 144 Å². The number of anilines is 2. The van der Waals surface area contributed by atoms with Crippen LogP contribution in [0.25, 0.3) is 0 Å². The van der Waals surface area contributed by atoms with Crippen LogP contribution < -0.4 is 19.7 Å². The van der Waals surface area contributed by atoms with Gasteiger partial charge in [-0.25, -0.2) is 4.98 Å². The van der Waals surface area contributed by atoms with Crippen molar-refractivity contribution in [2.45, 2.75) is 13.3 Å². The van der Waals surface area contributed by atoms with Crippen LogP contribution in [0.5, 0.6) is 11.5 Å². The molecular formula is C18H17N3O4. The van der Waals surface area contributed by atoms with E-state index in [-0.39, 0.29) is 25.0 Å². The molecule has 7 nitrogen and oxygen atoms in total. The Hall–Kier alpha value is -3.09. The molecular weight excluding hydrogens is 322 g/mol. The number of aromatic nitrogens is 1. The molecule has 2 aliphatic rings. The average Bonchev–Trinajstić information content (AvgIpc) is 3.20. The number of hydrogen-bond acceptors (Lipinski definition) is 5. The van der Waals surface area contributed by atoms with E-state index >= 15 is 0 Å². The van der Waals surface area contributed by atoms with Gasteiger partial charge in [-0.05, 0) is 36.8 Å². The lowest BCUT2D eigenvalue weighted by molar-refractivity contribution is -0.122. The first kappa shape index (κ1) is 15.4. The van der Waals surface area contributed by atoms with Gasteiger partial charge in [0, 0.05) is 30.9 Å². The van der Waals surface area contributed by atoms with Crippen molar-refractivity contribution in [3.05, 3.63) is 42.1 Å². The van der Waals surface area contributed by atoms with Crippen LogP contribution in [0, 0.1) is 12.8 Å². The van der Waals surface area contributed by atoms with Crippen molar-refractivity contribution in [1.29, 1.82) is 0 Å². The van der Waals surface area contributed by atoms with Crippen molar-refractivity contribution in [3.63, 3.8) is 0 Å². The zero-order valence-electron chi connectivity index (χ0n) is 13.7. The van der Waals surface area contributed by atoms with Gasteiger partial charge in [-0.3, -0.25) is 9.59 Å². The standard InChI is InChI=1S/C18H17N3O4/c1-11-4-5-19-16(6-11)20-18(23)12-7-17(22)21(9-12)13-2-3-14-15(8-13)25-10-24-14/h2-6,8,12H,7,9-10H2,1H3,(H,19,20,23)/t12-/m1/s1. The van der Waals surface area contributed by atoms with Crippen molar-refractivity contribution in [2.24, 2.45) is 5.92 Å². The summed E-state index contributed by atoms with van der Waals surface area (Å²) in [7, 11) is 0. The lowest BCUT2D eigenvalue weighted by atomic mass is 10.1. The van der Waals surface area contributed by atoms with E-state index in [0.29, 0.717) is 29.5 Å². The molecule has 0 radical (unpaired) electrons. The van der Waals surface area contributed by atoms with Crippen molar-refractivity contribution >= 4 is 23.3 Å². The number of aryl methyl sites for hydroxylation is 1. The smallest absolute Gasteiger partial charge is 0.231 e. The second-order valence-corrected chi connectivity index (χ2v) is 6.15.